The summed E-state index contributed by atoms with van der Waals surface area (Å²) >= 11 is 0. The third-order valence-electron chi connectivity index (χ3n) is 4.79. The van der Waals surface area contributed by atoms with Gasteiger partial charge in [0.25, 0.3) is 0 Å². The third kappa shape index (κ3) is 6.80. The summed E-state index contributed by atoms with van der Waals surface area (Å²) in [5, 5.41) is 9.29. The van der Waals surface area contributed by atoms with Crippen LogP contribution in [0.1, 0.15) is 66.7 Å². The van der Waals surface area contributed by atoms with E-state index in [1.807, 2.05) is 32.7 Å². The van der Waals surface area contributed by atoms with Crippen molar-refractivity contribution >= 4 is 35.0 Å². The molecule has 0 aromatic carbocycles. The van der Waals surface area contributed by atoms with Gasteiger partial charge in [-0.3, -0.25) is 4.79 Å². The number of aliphatic carboxylic acids is 1. The van der Waals surface area contributed by atoms with Gasteiger partial charge >= 0.3 is 12.1 Å². The van der Waals surface area contributed by atoms with E-state index >= 15 is 0 Å². The quantitative estimate of drug-likeness (QED) is 0.512. The highest BCUT2D eigenvalue weighted by molar-refractivity contribution is 5.90. The van der Waals surface area contributed by atoms with Crippen LogP contribution in [0.25, 0.3) is 11.2 Å². The highest BCUT2D eigenvalue weighted by atomic mass is 16.6. The number of hydrogen-bond donors (Lipinski definition) is 1. The largest absolute Gasteiger partial charge is 0.480 e. The lowest BCUT2D eigenvalue weighted by Crippen LogP contribution is -2.39. The summed E-state index contributed by atoms with van der Waals surface area (Å²) in [7, 11) is 1.91. The van der Waals surface area contributed by atoms with Crippen molar-refractivity contribution in [3.63, 3.8) is 0 Å². The second-order valence-electron chi connectivity index (χ2n) is 8.90. The Morgan fingerprint density at radius 1 is 1.09 bits per heavy atom. The molecule has 1 N–H and O–H groups in total. The van der Waals surface area contributed by atoms with Crippen molar-refractivity contribution in [3.05, 3.63) is 6.33 Å². The maximum absolute atomic E-state index is 13.0. The Kier molecular flexibility index (Phi) is 8.80. The van der Waals surface area contributed by atoms with Crippen molar-refractivity contribution < 1.29 is 19.4 Å². The molecule has 0 atom stereocenters. The van der Waals surface area contributed by atoms with Crippen molar-refractivity contribution in [3.8, 4) is 0 Å². The molecule has 2 rings (SSSR count). The SMILES string of the molecule is CCCCCN(C(=O)OC(C)(C)C)c1nc(N(C)CCCC)c2ncn(CC(=O)O)c2n1. The number of aromatic nitrogens is 4. The van der Waals surface area contributed by atoms with E-state index in [0.717, 1.165) is 38.6 Å². The van der Waals surface area contributed by atoms with E-state index in [2.05, 4.69) is 23.8 Å². The number of hydrogen-bond acceptors (Lipinski definition) is 7. The number of nitrogens with zero attached hydrogens (tertiary/aromatic N) is 6. The lowest BCUT2D eigenvalue weighted by atomic mass is 10.2. The average Bonchev–Trinajstić information content (AvgIpc) is 3.09. The zero-order valence-electron chi connectivity index (χ0n) is 20.1. The van der Waals surface area contributed by atoms with Crippen LogP contribution < -0.4 is 9.80 Å². The zero-order chi connectivity index (χ0) is 23.9. The minimum Gasteiger partial charge on any atom is -0.480 e. The fraction of sp³-hybridized carbons (Fsp3) is 0.682. The number of imidazole rings is 1. The molecule has 0 aliphatic heterocycles. The van der Waals surface area contributed by atoms with Gasteiger partial charge in [-0.05, 0) is 33.6 Å². The normalized spacial score (nSPS) is 11.6. The van der Waals surface area contributed by atoms with Crippen LogP contribution in [0.3, 0.4) is 0 Å². The van der Waals surface area contributed by atoms with Crippen LogP contribution in [0.15, 0.2) is 6.33 Å². The number of ether oxygens (including phenoxy) is 1. The molecule has 2 aromatic rings. The summed E-state index contributed by atoms with van der Waals surface area (Å²) < 4.78 is 7.07. The Hall–Kier alpha value is -2.91. The standard InChI is InChI=1S/C22H36N6O4/c1-7-9-11-13-28(21(31)32-22(3,4)5)20-24-18(26(6)12-10-8-2)17-19(25-20)27(15-23-17)14-16(29)30/h15H,7-14H2,1-6H3,(H,29,30). The number of carbonyl (C=O) groups excluding carboxylic acids is 1. The number of rotatable bonds is 11. The molecule has 0 radical (unpaired) electrons. The molecule has 0 unspecified atom stereocenters. The molecule has 0 aliphatic rings. The predicted molar refractivity (Wildman–Crippen MR) is 124 cm³/mol. The molecule has 0 bridgehead atoms. The molecule has 178 valence electrons. The summed E-state index contributed by atoms with van der Waals surface area (Å²) in [6.07, 6.45) is 5.61. The maximum Gasteiger partial charge on any atom is 0.417 e. The van der Waals surface area contributed by atoms with Crippen LogP contribution in [0.4, 0.5) is 16.6 Å². The first kappa shape index (κ1) is 25.4. The predicted octanol–water partition coefficient (Wildman–Crippen LogP) is 4.08. The lowest BCUT2D eigenvalue weighted by Gasteiger charge is -2.27. The first-order valence-corrected chi connectivity index (χ1v) is 11.2. The van der Waals surface area contributed by atoms with Gasteiger partial charge in [-0.15, -0.1) is 0 Å². The van der Waals surface area contributed by atoms with Crippen LogP contribution in [-0.2, 0) is 16.1 Å². The number of amides is 1. The van der Waals surface area contributed by atoms with Gasteiger partial charge in [-0.2, -0.15) is 9.97 Å². The van der Waals surface area contributed by atoms with Crippen molar-refractivity contribution in [2.24, 2.45) is 0 Å². The van der Waals surface area contributed by atoms with E-state index in [1.165, 1.54) is 15.8 Å². The van der Waals surface area contributed by atoms with E-state index in [-0.39, 0.29) is 12.5 Å². The van der Waals surface area contributed by atoms with Crippen LogP contribution in [-0.4, -0.2) is 62.4 Å². The molecule has 2 heterocycles. The molecule has 0 fully saturated rings. The molecule has 0 spiro atoms. The molecular weight excluding hydrogens is 412 g/mol. The minimum absolute atomic E-state index is 0.188. The van der Waals surface area contributed by atoms with Crippen molar-refractivity contribution in [1.29, 1.82) is 0 Å². The fourth-order valence-corrected chi connectivity index (χ4v) is 3.18. The Bertz CT molecular complexity index is 921. The molecular formula is C22H36N6O4. The molecule has 10 heteroatoms. The molecule has 10 nitrogen and oxygen atoms in total. The summed E-state index contributed by atoms with van der Waals surface area (Å²) in [6.45, 7) is 10.5. The van der Waals surface area contributed by atoms with E-state index in [0.29, 0.717) is 23.5 Å². The van der Waals surface area contributed by atoms with Gasteiger partial charge in [0.15, 0.2) is 17.0 Å². The van der Waals surface area contributed by atoms with Gasteiger partial charge in [0.2, 0.25) is 5.95 Å². The van der Waals surface area contributed by atoms with Gasteiger partial charge in [-0.1, -0.05) is 33.1 Å². The number of unbranched alkanes of at least 4 members (excludes halogenated alkanes) is 3. The van der Waals surface area contributed by atoms with Crippen molar-refractivity contribution in [2.45, 2.75) is 78.9 Å². The van der Waals surface area contributed by atoms with Crippen LogP contribution in [0.5, 0.6) is 0 Å². The smallest absolute Gasteiger partial charge is 0.417 e. The first-order valence-electron chi connectivity index (χ1n) is 11.2. The van der Waals surface area contributed by atoms with Gasteiger partial charge in [0.05, 0.1) is 6.33 Å². The highest BCUT2D eigenvalue weighted by Gasteiger charge is 2.27. The summed E-state index contributed by atoms with van der Waals surface area (Å²) in [5.41, 5.74) is 0.210. The van der Waals surface area contributed by atoms with Gasteiger partial charge in [-0.25, -0.2) is 14.7 Å². The van der Waals surface area contributed by atoms with E-state index in [9.17, 15) is 14.7 Å². The first-order chi connectivity index (χ1) is 15.1. The summed E-state index contributed by atoms with van der Waals surface area (Å²) in [5.74, 6) is -0.253. The van der Waals surface area contributed by atoms with Crippen LogP contribution in [0, 0.1) is 0 Å². The number of anilines is 2. The molecule has 2 aromatic heterocycles. The summed E-state index contributed by atoms with van der Waals surface area (Å²) in [6, 6.07) is 0. The molecule has 0 aliphatic carbocycles. The Morgan fingerprint density at radius 2 is 1.78 bits per heavy atom. The third-order valence-corrected chi connectivity index (χ3v) is 4.79. The monoisotopic (exact) mass is 448 g/mol. The number of carbonyl (C=O) groups is 2. The van der Waals surface area contributed by atoms with E-state index < -0.39 is 17.7 Å². The van der Waals surface area contributed by atoms with Gasteiger partial charge < -0.3 is 19.3 Å². The maximum atomic E-state index is 13.0. The Balaban J connectivity index is 2.59. The van der Waals surface area contributed by atoms with Crippen molar-refractivity contribution in [2.75, 3.05) is 29.9 Å². The average molecular weight is 449 g/mol. The highest BCUT2D eigenvalue weighted by Crippen LogP contribution is 2.26. The Labute approximate surface area is 189 Å². The van der Waals surface area contributed by atoms with Crippen molar-refractivity contribution in [1.82, 2.24) is 19.5 Å². The topological polar surface area (TPSA) is 114 Å². The lowest BCUT2D eigenvalue weighted by molar-refractivity contribution is -0.137. The second kappa shape index (κ2) is 11.1. The summed E-state index contributed by atoms with van der Waals surface area (Å²) in [4.78, 5) is 41.4. The Morgan fingerprint density at radius 3 is 2.38 bits per heavy atom. The van der Waals surface area contributed by atoms with Crippen LogP contribution >= 0.6 is 0 Å². The van der Waals surface area contributed by atoms with E-state index in [4.69, 9.17) is 9.72 Å². The minimum atomic E-state index is -1.00. The second-order valence-corrected chi connectivity index (χ2v) is 8.90. The van der Waals surface area contributed by atoms with Gasteiger partial charge in [0, 0.05) is 20.1 Å². The fourth-order valence-electron chi connectivity index (χ4n) is 3.18. The van der Waals surface area contributed by atoms with Gasteiger partial charge in [0.1, 0.15) is 12.1 Å². The zero-order valence-corrected chi connectivity index (χ0v) is 20.1. The number of carboxylic acid groups (broad SMARTS) is 1. The molecule has 32 heavy (non-hydrogen) atoms. The molecule has 0 saturated heterocycles. The van der Waals surface area contributed by atoms with Crippen LogP contribution in [0.2, 0.25) is 0 Å². The number of carboxylic acids is 1. The van der Waals surface area contributed by atoms with E-state index in [1.54, 1.807) is 0 Å². The molecule has 1 amide bonds. The molecule has 0 saturated carbocycles. The number of fused-ring (bicyclic) bond motifs is 1.